The Balaban J connectivity index is 1.51. The van der Waals surface area contributed by atoms with Gasteiger partial charge in [-0.25, -0.2) is 9.18 Å². The summed E-state index contributed by atoms with van der Waals surface area (Å²) in [5, 5.41) is 3.97. The number of aromatic amines is 1. The van der Waals surface area contributed by atoms with Crippen molar-refractivity contribution in [3.63, 3.8) is 0 Å². The van der Waals surface area contributed by atoms with Gasteiger partial charge in [-0.2, -0.15) is 0 Å². The van der Waals surface area contributed by atoms with E-state index in [1.807, 2.05) is 30.5 Å². The lowest BCUT2D eigenvalue weighted by atomic mass is 10.1. The Kier molecular flexibility index (Phi) is 10.1. The lowest BCUT2D eigenvalue weighted by Crippen LogP contribution is -2.45. The number of methoxy groups -OCH3 is 2. The average molecular weight is 547 g/mol. The molecule has 210 valence electrons. The molecule has 2 N–H and O–H groups in total. The lowest BCUT2D eigenvalue weighted by molar-refractivity contribution is -0.132. The van der Waals surface area contributed by atoms with Gasteiger partial charge < -0.3 is 29.6 Å². The zero-order chi connectivity index (χ0) is 28.3. The molecule has 0 fully saturated rings. The van der Waals surface area contributed by atoms with Crippen LogP contribution < -0.4 is 10.1 Å². The number of nitrogens with one attached hydrogen (secondary N) is 2. The Morgan fingerprint density at radius 3 is 2.52 bits per heavy atom. The summed E-state index contributed by atoms with van der Waals surface area (Å²) in [4.78, 5) is 33.5. The van der Waals surface area contributed by atoms with E-state index >= 15 is 0 Å². The van der Waals surface area contributed by atoms with Gasteiger partial charge >= 0.3 is 6.03 Å². The molecular formula is C31H35FN4O4. The van der Waals surface area contributed by atoms with Crippen LogP contribution in [0.1, 0.15) is 17.5 Å². The van der Waals surface area contributed by atoms with Crippen molar-refractivity contribution in [3.8, 4) is 5.75 Å². The number of ether oxygens (including phenoxy) is 2. The second kappa shape index (κ2) is 14.1. The van der Waals surface area contributed by atoms with Crippen molar-refractivity contribution in [3.05, 3.63) is 95.9 Å². The molecule has 1 heterocycles. The number of carbonyl (C=O) groups excluding carboxylic acids is 2. The number of hydrogen-bond acceptors (Lipinski definition) is 4. The molecule has 0 spiro atoms. The van der Waals surface area contributed by atoms with Crippen molar-refractivity contribution in [2.24, 2.45) is 0 Å². The second-order valence-electron chi connectivity index (χ2n) is 9.48. The molecule has 4 rings (SSSR count). The first-order valence-corrected chi connectivity index (χ1v) is 13.2. The number of rotatable bonds is 13. The molecule has 0 radical (unpaired) electrons. The number of aromatic nitrogens is 1. The smallest absolute Gasteiger partial charge is 0.322 e. The van der Waals surface area contributed by atoms with Crippen LogP contribution in [0.4, 0.5) is 14.9 Å². The molecule has 4 aromatic rings. The zero-order valence-electron chi connectivity index (χ0n) is 22.9. The molecule has 3 aromatic carbocycles. The molecule has 0 aliphatic heterocycles. The van der Waals surface area contributed by atoms with Gasteiger partial charge in [0.2, 0.25) is 5.91 Å². The highest BCUT2D eigenvalue weighted by Gasteiger charge is 2.22. The van der Waals surface area contributed by atoms with E-state index in [0.29, 0.717) is 50.5 Å². The zero-order valence-corrected chi connectivity index (χ0v) is 22.9. The summed E-state index contributed by atoms with van der Waals surface area (Å²) in [5.41, 5.74) is 3.50. The molecular weight excluding hydrogens is 511 g/mol. The van der Waals surface area contributed by atoms with E-state index in [0.717, 1.165) is 22.0 Å². The summed E-state index contributed by atoms with van der Waals surface area (Å²) < 4.78 is 24.0. The fourth-order valence-electron chi connectivity index (χ4n) is 4.51. The Hall–Kier alpha value is -4.37. The van der Waals surface area contributed by atoms with Crippen molar-refractivity contribution in [1.29, 1.82) is 0 Å². The maximum atomic E-state index is 13.7. The van der Waals surface area contributed by atoms with E-state index in [2.05, 4.69) is 10.3 Å². The number of halogens is 1. The Bertz CT molecular complexity index is 1410. The maximum Gasteiger partial charge on any atom is 0.322 e. The van der Waals surface area contributed by atoms with Gasteiger partial charge in [0.1, 0.15) is 18.1 Å². The van der Waals surface area contributed by atoms with E-state index in [1.165, 1.54) is 17.0 Å². The minimum Gasteiger partial charge on any atom is -0.497 e. The van der Waals surface area contributed by atoms with E-state index in [4.69, 9.17) is 9.47 Å². The number of carbonyl (C=O) groups is 2. The number of amides is 3. The summed E-state index contributed by atoms with van der Waals surface area (Å²) in [7, 11) is 3.16. The number of benzene rings is 3. The highest BCUT2D eigenvalue weighted by molar-refractivity contribution is 5.92. The third-order valence-corrected chi connectivity index (χ3v) is 6.68. The van der Waals surface area contributed by atoms with Crippen LogP contribution in [-0.4, -0.2) is 67.2 Å². The quantitative estimate of drug-likeness (QED) is 0.218. The molecule has 9 heteroatoms. The van der Waals surface area contributed by atoms with Crippen LogP contribution in [0, 0.1) is 5.82 Å². The highest BCUT2D eigenvalue weighted by atomic mass is 19.1. The van der Waals surface area contributed by atoms with Gasteiger partial charge in [0.05, 0.1) is 7.11 Å². The first kappa shape index (κ1) is 28.6. The van der Waals surface area contributed by atoms with Crippen molar-refractivity contribution >= 4 is 28.5 Å². The molecule has 0 aliphatic carbocycles. The Morgan fingerprint density at radius 2 is 1.75 bits per heavy atom. The average Bonchev–Trinajstić information content (AvgIpc) is 3.39. The SMILES string of the molecule is COCCCN(CC(=O)N(CCc1c[nH]c2ccccc12)Cc1ccc(F)cc1)C(=O)Nc1cccc(OC)c1. The first-order chi connectivity index (χ1) is 19.5. The molecule has 0 aliphatic rings. The van der Waals surface area contributed by atoms with E-state index in [-0.39, 0.29) is 18.3 Å². The van der Waals surface area contributed by atoms with Gasteiger partial charge in [0, 0.05) is 62.2 Å². The largest absolute Gasteiger partial charge is 0.497 e. The molecule has 0 bridgehead atoms. The van der Waals surface area contributed by atoms with E-state index in [1.54, 1.807) is 55.5 Å². The van der Waals surface area contributed by atoms with Crippen molar-refractivity contribution in [2.75, 3.05) is 45.8 Å². The maximum absolute atomic E-state index is 13.7. The number of nitrogens with zero attached hydrogens (tertiary/aromatic N) is 2. The summed E-state index contributed by atoms with van der Waals surface area (Å²) in [6, 6.07) is 20.8. The van der Waals surface area contributed by atoms with E-state index in [9.17, 15) is 14.0 Å². The van der Waals surface area contributed by atoms with E-state index < -0.39 is 6.03 Å². The van der Waals surface area contributed by atoms with Gasteiger partial charge in [-0.05, 0) is 54.3 Å². The molecule has 40 heavy (non-hydrogen) atoms. The summed E-state index contributed by atoms with van der Waals surface area (Å²) in [5.74, 6) is 0.0730. The highest BCUT2D eigenvalue weighted by Crippen LogP contribution is 2.20. The second-order valence-corrected chi connectivity index (χ2v) is 9.48. The third-order valence-electron chi connectivity index (χ3n) is 6.68. The number of hydrogen-bond donors (Lipinski definition) is 2. The van der Waals surface area contributed by atoms with Gasteiger partial charge in [0.15, 0.2) is 0 Å². The van der Waals surface area contributed by atoms with Crippen molar-refractivity contribution < 1.29 is 23.5 Å². The normalized spacial score (nSPS) is 10.9. The fourth-order valence-corrected chi connectivity index (χ4v) is 4.51. The van der Waals surface area contributed by atoms with Gasteiger partial charge in [0.25, 0.3) is 0 Å². The van der Waals surface area contributed by atoms with Gasteiger partial charge in [-0.1, -0.05) is 36.4 Å². The van der Waals surface area contributed by atoms with Gasteiger partial charge in [-0.15, -0.1) is 0 Å². The minimum atomic E-state index is -0.393. The van der Waals surface area contributed by atoms with Crippen molar-refractivity contribution in [1.82, 2.24) is 14.8 Å². The van der Waals surface area contributed by atoms with Crippen LogP contribution in [0.5, 0.6) is 5.75 Å². The van der Waals surface area contributed by atoms with Crippen LogP contribution in [0.3, 0.4) is 0 Å². The van der Waals surface area contributed by atoms with Crippen LogP contribution >= 0.6 is 0 Å². The minimum absolute atomic E-state index is 0.116. The van der Waals surface area contributed by atoms with Crippen LogP contribution in [0.25, 0.3) is 10.9 Å². The molecule has 8 nitrogen and oxygen atoms in total. The Labute approximate surface area is 233 Å². The predicted octanol–water partition coefficient (Wildman–Crippen LogP) is 5.46. The lowest BCUT2D eigenvalue weighted by Gasteiger charge is -2.28. The summed E-state index contributed by atoms with van der Waals surface area (Å²) >= 11 is 0. The topological polar surface area (TPSA) is 86.9 Å². The van der Waals surface area contributed by atoms with Crippen molar-refractivity contribution in [2.45, 2.75) is 19.4 Å². The molecule has 0 atom stereocenters. The van der Waals surface area contributed by atoms with Crippen LogP contribution in [-0.2, 0) is 22.5 Å². The number of para-hydroxylation sites is 1. The number of anilines is 1. The molecule has 0 saturated heterocycles. The standard InChI is InChI=1S/C31H35FN4O4/c1-39-18-6-16-36(31(38)34-26-7-5-8-27(19-26)40-2)22-30(37)35(21-23-11-13-25(32)14-12-23)17-15-24-20-33-29-10-4-3-9-28(24)29/h3-5,7-14,19-20,33H,6,15-18,21-22H2,1-2H3,(H,34,38). The fraction of sp³-hybridized carbons (Fsp3) is 0.290. The molecule has 0 unspecified atom stereocenters. The molecule has 0 saturated carbocycles. The molecule has 3 amide bonds. The summed E-state index contributed by atoms with van der Waals surface area (Å²) in [6.07, 6.45) is 3.16. The van der Waals surface area contributed by atoms with Gasteiger partial charge in [-0.3, -0.25) is 4.79 Å². The number of urea groups is 1. The predicted molar refractivity (Wildman–Crippen MR) is 154 cm³/mol. The Morgan fingerprint density at radius 1 is 0.950 bits per heavy atom. The monoisotopic (exact) mass is 546 g/mol. The third kappa shape index (κ3) is 7.83. The summed E-state index contributed by atoms with van der Waals surface area (Å²) in [6.45, 7) is 1.40. The first-order valence-electron chi connectivity index (χ1n) is 13.2. The van der Waals surface area contributed by atoms with Crippen LogP contribution in [0.2, 0.25) is 0 Å². The van der Waals surface area contributed by atoms with Crippen LogP contribution in [0.15, 0.2) is 79.0 Å². The molecule has 1 aromatic heterocycles. The number of H-pyrrole nitrogens is 1. The number of fused-ring (bicyclic) bond motifs is 1.